The topological polar surface area (TPSA) is 65.7 Å². The number of pyridine rings is 2. The maximum absolute atomic E-state index is 12.2. The third kappa shape index (κ3) is 1.13. The van der Waals surface area contributed by atoms with E-state index in [1.54, 1.807) is 0 Å². The van der Waals surface area contributed by atoms with Crippen LogP contribution in [0.1, 0.15) is 0 Å². The molecule has 4 nitrogen and oxygen atoms in total. The van der Waals surface area contributed by atoms with Crippen molar-refractivity contribution in [2.45, 2.75) is 0 Å². The van der Waals surface area contributed by atoms with Crippen LogP contribution in [0.25, 0.3) is 31.2 Å². The fourth-order valence-corrected chi connectivity index (χ4v) is 4.03. The van der Waals surface area contributed by atoms with Gasteiger partial charge >= 0.3 is 0 Å². The van der Waals surface area contributed by atoms with Gasteiger partial charge in [0.2, 0.25) is 0 Å². The average molecular weight is 274 g/mol. The average Bonchev–Trinajstić information content (AvgIpc) is 2.95. The molecule has 4 heterocycles. The maximum atomic E-state index is 12.2. The summed E-state index contributed by atoms with van der Waals surface area (Å²) in [6.07, 6.45) is 0. The summed E-state index contributed by atoms with van der Waals surface area (Å²) in [5.74, 6) is 0. The van der Waals surface area contributed by atoms with Gasteiger partial charge < -0.3 is 9.97 Å². The first-order chi connectivity index (χ1) is 8.75. The Labute approximate surface area is 108 Å². The molecule has 4 rings (SSSR count). The van der Waals surface area contributed by atoms with E-state index in [0.29, 0.717) is 10.8 Å². The van der Waals surface area contributed by atoms with Crippen molar-refractivity contribution < 1.29 is 0 Å². The van der Waals surface area contributed by atoms with Crippen LogP contribution in [0.3, 0.4) is 0 Å². The number of hydrogen-bond acceptors (Lipinski definition) is 4. The number of hydrogen-bond donors (Lipinski definition) is 2. The fourth-order valence-electron chi connectivity index (χ4n) is 2.23. The monoisotopic (exact) mass is 274 g/mol. The second-order valence-corrected chi connectivity index (χ2v) is 5.82. The van der Waals surface area contributed by atoms with E-state index in [-0.39, 0.29) is 11.1 Å². The lowest BCUT2D eigenvalue weighted by Crippen LogP contribution is -2.13. The summed E-state index contributed by atoms with van der Waals surface area (Å²) in [6.45, 7) is 0. The molecule has 0 aliphatic rings. The number of fused-ring (bicyclic) bond motifs is 5. The van der Waals surface area contributed by atoms with Gasteiger partial charge in [-0.15, -0.1) is 22.7 Å². The molecule has 18 heavy (non-hydrogen) atoms. The molecule has 2 N–H and O–H groups in total. The maximum Gasteiger partial charge on any atom is 0.258 e. The summed E-state index contributed by atoms with van der Waals surface area (Å²) in [6, 6.07) is 3.64. The van der Waals surface area contributed by atoms with Crippen molar-refractivity contribution in [2.75, 3.05) is 0 Å². The molecular weight excluding hydrogens is 268 g/mol. The summed E-state index contributed by atoms with van der Waals surface area (Å²) in [4.78, 5) is 30.0. The molecule has 4 aromatic heterocycles. The zero-order chi connectivity index (χ0) is 12.3. The lowest BCUT2D eigenvalue weighted by atomic mass is 10.2. The minimum Gasteiger partial charge on any atom is -0.321 e. The highest BCUT2D eigenvalue weighted by Gasteiger charge is 2.14. The molecule has 6 heteroatoms. The highest BCUT2D eigenvalue weighted by atomic mass is 32.1. The van der Waals surface area contributed by atoms with Crippen molar-refractivity contribution in [3.05, 3.63) is 43.6 Å². The van der Waals surface area contributed by atoms with Gasteiger partial charge in [-0.05, 0) is 22.9 Å². The van der Waals surface area contributed by atoms with E-state index in [1.807, 2.05) is 22.9 Å². The van der Waals surface area contributed by atoms with E-state index in [1.165, 1.54) is 22.7 Å². The summed E-state index contributed by atoms with van der Waals surface area (Å²) < 4.78 is 1.67. The van der Waals surface area contributed by atoms with Crippen LogP contribution in [0.15, 0.2) is 32.5 Å². The van der Waals surface area contributed by atoms with Crippen LogP contribution in [0.4, 0.5) is 0 Å². The second-order valence-electron chi connectivity index (χ2n) is 3.99. The Morgan fingerprint density at radius 2 is 1.22 bits per heavy atom. The van der Waals surface area contributed by atoms with Gasteiger partial charge in [-0.25, -0.2) is 0 Å². The molecule has 0 radical (unpaired) electrons. The molecule has 0 aliphatic heterocycles. The molecule has 0 bridgehead atoms. The van der Waals surface area contributed by atoms with Crippen LogP contribution < -0.4 is 11.1 Å². The minimum absolute atomic E-state index is 0.200. The molecule has 0 aliphatic carbocycles. The Kier molecular flexibility index (Phi) is 1.84. The molecule has 0 amide bonds. The number of aromatic nitrogens is 2. The molecule has 0 atom stereocenters. The van der Waals surface area contributed by atoms with E-state index in [2.05, 4.69) is 9.97 Å². The van der Waals surface area contributed by atoms with Crippen LogP contribution in [0.2, 0.25) is 0 Å². The fraction of sp³-hybridized carbons (Fsp3) is 0. The first kappa shape index (κ1) is 10.0. The molecule has 88 valence electrons. The van der Waals surface area contributed by atoms with Gasteiger partial charge in [-0.3, -0.25) is 9.59 Å². The van der Waals surface area contributed by atoms with E-state index in [0.717, 1.165) is 20.4 Å². The summed E-state index contributed by atoms with van der Waals surface area (Å²) in [5, 5.41) is 4.74. The van der Waals surface area contributed by atoms with Gasteiger partial charge in [-0.1, -0.05) is 0 Å². The largest absolute Gasteiger partial charge is 0.321 e. The van der Waals surface area contributed by atoms with Gasteiger partial charge in [0, 0.05) is 0 Å². The number of nitrogens with one attached hydrogen (secondary N) is 2. The van der Waals surface area contributed by atoms with E-state index in [4.69, 9.17) is 0 Å². The predicted molar refractivity (Wildman–Crippen MR) is 76.0 cm³/mol. The van der Waals surface area contributed by atoms with Crippen LogP contribution in [-0.2, 0) is 0 Å². The molecule has 0 saturated heterocycles. The van der Waals surface area contributed by atoms with E-state index in [9.17, 15) is 9.59 Å². The second kappa shape index (κ2) is 3.30. The van der Waals surface area contributed by atoms with Crippen molar-refractivity contribution in [1.29, 1.82) is 0 Å². The molecule has 0 spiro atoms. The lowest BCUT2D eigenvalue weighted by molar-refractivity contribution is 1.32. The Morgan fingerprint density at radius 3 is 1.67 bits per heavy atom. The zero-order valence-electron chi connectivity index (χ0n) is 8.94. The highest BCUT2D eigenvalue weighted by Crippen LogP contribution is 2.29. The van der Waals surface area contributed by atoms with Crippen LogP contribution in [0.5, 0.6) is 0 Å². The van der Waals surface area contributed by atoms with Crippen molar-refractivity contribution in [2.24, 2.45) is 0 Å². The van der Waals surface area contributed by atoms with Crippen LogP contribution >= 0.6 is 22.7 Å². The minimum atomic E-state index is -0.200. The third-order valence-electron chi connectivity index (χ3n) is 2.99. The van der Waals surface area contributed by atoms with Gasteiger partial charge in [0.1, 0.15) is 0 Å². The molecule has 4 aromatic rings. The number of rotatable bonds is 0. The summed E-state index contributed by atoms with van der Waals surface area (Å²) in [5.41, 5.74) is 1.04. The van der Waals surface area contributed by atoms with Gasteiger partial charge in [0.25, 0.3) is 11.1 Å². The number of aromatic amines is 2. The third-order valence-corrected chi connectivity index (χ3v) is 4.85. The number of thiophene rings is 2. The van der Waals surface area contributed by atoms with Gasteiger partial charge in [0.05, 0.1) is 31.2 Å². The summed E-state index contributed by atoms with van der Waals surface area (Å²) >= 11 is 2.93. The standard InChI is InChI=1S/C12H6N2O2S2/c15-11-8-7(9-5(13-11)1-3-17-9)12(16)14-6-2-4-18-10(6)8/h1-4H,(H,13,15)(H,14,16). The van der Waals surface area contributed by atoms with Crippen molar-refractivity contribution >= 4 is 53.9 Å². The Balaban J connectivity index is 2.54. The lowest BCUT2D eigenvalue weighted by Gasteiger charge is -2.00. The first-order valence-electron chi connectivity index (χ1n) is 5.28. The molecular formula is C12H6N2O2S2. The van der Waals surface area contributed by atoms with Crippen molar-refractivity contribution in [3.63, 3.8) is 0 Å². The Bertz CT molecular complexity index is 936. The Hall–Kier alpha value is -1.92. The SMILES string of the molecule is O=c1[nH]c2ccsc2c2c(=O)[nH]c3ccsc3c12. The molecule has 0 aromatic carbocycles. The molecule has 0 fully saturated rings. The Morgan fingerprint density at radius 1 is 0.778 bits per heavy atom. The van der Waals surface area contributed by atoms with E-state index < -0.39 is 0 Å². The summed E-state index contributed by atoms with van der Waals surface area (Å²) in [7, 11) is 0. The van der Waals surface area contributed by atoms with E-state index >= 15 is 0 Å². The predicted octanol–water partition coefficient (Wildman–Crippen LogP) is 2.65. The first-order valence-corrected chi connectivity index (χ1v) is 7.04. The van der Waals surface area contributed by atoms with Crippen molar-refractivity contribution in [3.8, 4) is 0 Å². The van der Waals surface area contributed by atoms with Crippen molar-refractivity contribution in [1.82, 2.24) is 9.97 Å². The zero-order valence-corrected chi connectivity index (χ0v) is 10.6. The quantitative estimate of drug-likeness (QED) is 0.517. The van der Waals surface area contributed by atoms with Gasteiger partial charge in [-0.2, -0.15) is 0 Å². The smallest absolute Gasteiger partial charge is 0.258 e. The molecule has 0 unspecified atom stereocenters. The van der Waals surface area contributed by atoms with Gasteiger partial charge in [0.15, 0.2) is 0 Å². The molecule has 0 saturated carbocycles. The van der Waals surface area contributed by atoms with Crippen LogP contribution in [-0.4, -0.2) is 9.97 Å². The normalized spacial score (nSPS) is 11.8. The highest BCUT2D eigenvalue weighted by molar-refractivity contribution is 7.19. The van der Waals surface area contributed by atoms with Crippen LogP contribution in [0, 0.1) is 0 Å². The number of H-pyrrole nitrogens is 2.